The van der Waals surface area contributed by atoms with E-state index in [2.05, 4.69) is 4.98 Å². The Kier molecular flexibility index (Phi) is 5.27. The monoisotopic (exact) mass is 356 g/mol. The third kappa shape index (κ3) is 3.49. The van der Waals surface area contributed by atoms with Gasteiger partial charge in [-0.3, -0.25) is 9.36 Å². The number of hydrogen-bond acceptors (Lipinski definition) is 5. The zero-order valence-corrected chi connectivity index (χ0v) is 14.8. The highest BCUT2D eigenvalue weighted by atomic mass is 32.2. The minimum Gasteiger partial charge on any atom is -0.479 e. The molecule has 0 radical (unpaired) electrons. The molecular weight excluding hydrogens is 340 g/mol. The molecule has 0 aliphatic rings. The van der Waals surface area contributed by atoms with Crippen LogP contribution >= 0.6 is 24.0 Å². The van der Waals surface area contributed by atoms with Crippen molar-refractivity contribution in [1.29, 1.82) is 0 Å². The van der Waals surface area contributed by atoms with Crippen molar-refractivity contribution in [1.82, 2.24) is 9.55 Å². The van der Waals surface area contributed by atoms with Gasteiger partial charge in [0.1, 0.15) is 5.82 Å². The van der Waals surface area contributed by atoms with Gasteiger partial charge in [0.2, 0.25) is 4.38 Å². The van der Waals surface area contributed by atoms with E-state index in [-0.39, 0.29) is 5.56 Å². The summed E-state index contributed by atoms with van der Waals surface area (Å²) in [6, 6.07) is 16.9. The summed E-state index contributed by atoms with van der Waals surface area (Å²) in [5.74, 6) is 1.12. The lowest BCUT2D eigenvalue weighted by Crippen LogP contribution is -2.23. The Balaban J connectivity index is 2.11. The van der Waals surface area contributed by atoms with Gasteiger partial charge in [0.25, 0.3) is 5.56 Å². The van der Waals surface area contributed by atoms with Crippen LogP contribution < -0.4 is 5.56 Å². The van der Waals surface area contributed by atoms with E-state index < -0.39 is 0 Å². The molecule has 0 N–H and O–H groups in total. The van der Waals surface area contributed by atoms with Crippen LogP contribution in [-0.4, -0.2) is 20.5 Å². The Labute approximate surface area is 149 Å². The lowest BCUT2D eigenvalue weighted by Gasteiger charge is -2.13. The fourth-order valence-corrected chi connectivity index (χ4v) is 3.34. The number of thioether (sulfide) groups is 1. The van der Waals surface area contributed by atoms with E-state index in [1.165, 1.54) is 11.8 Å². The number of thiocarbonyl (C=S) groups is 1. The second kappa shape index (κ2) is 7.59. The molecule has 0 saturated carbocycles. The van der Waals surface area contributed by atoms with Crippen molar-refractivity contribution in [3.05, 3.63) is 70.8 Å². The SMILES string of the molecule is CCOC(=S)SCc1nc2ccccc2c(=O)n1-c1ccccc1. The first-order chi connectivity index (χ1) is 11.7. The van der Waals surface area contributed by atoms with Gasteiger partial charge in [-0.1, -0.05) is 42.1 Å². The van der Waals surface area contributed by atoms with Crippen LogP contribution in [0.3, 0.4) is 0 Å². The maximum atomic E-state index is 13.0. The quantitative estimate of drug-likeness (QED) is 0.663. The highest BCUT2D eigenvalue weighted by molar-refractivity contribution is 8.22. The minimum absolute atomic E-state index is 0.0790. The fourth-order valence-electron chi connectivity index (χ4n) is 2.40. The molecule has 0 aliphatic carbocycles. The topological polar surface area (TPSA) is 44.1 Å². The molecule has 3 rings (SSSR count). The predicted molar refractivity (Wildman–Crippen MR) is 103 cm³/mol. The average Bonchev–Trinajstić information content (AvgIpc) is 2.61. The Morgan fingerprint density at radius 1 is 1.17 bits per heavy atom. The molecule has 0 aliphatic heterocycles. The highest BCUT2D eigenvalue weighted by Gasteiger charge is 2.13. The summed E-state index contributed by atoms with van der Waals surface area (Å²) in [7, 11) is 0. The summed E-state index contributed by atoms with van der Waals surface area (Å²) in [5, 5.41) is 0.600. The van der Waals surface area contributed by atoms with E-state index in [4.69, 9.17) is 17.0 Å². The molecule has 0 atom stereocenters. The molecule has 0 bridgehead atoms. The Morgan fingerprint density at radius 3 is 2.62 bits per heavy atom. The number of rotatable bonds is 4. The number of ether oxygens (including phenoxy) is 1. The molecule has 3 aromatic rings. The second-order valence-corrected chi connectivity index (χ2v) is 6.57. The lowest BCUT2D eigenvalue weighted by atomic mass is 10.2. The third-order valence-corrected chi connectivity index (χ3v) is 4.67. The molecule has 24 heavy (non-hydrogen) atoms. The summed E-state index contributed by atoms with van der Waals surface area (Å²) < 4.78 is 7.41. The Morgan fingerprint density at radius 2 is 1.88 bits per heavy atom. The van der Waals surface area contributed by atoms with Gasteiger partial charge < -0.3 is 4.74 Å². The number of benzene rings is 2. The maximum Gasteiger partial charge on any atom is 0.265 e. The molecular formula is C18H16N2O2S2. The number of fused-ring (bicyclic) bond motifs is 1. The first-order valence-electron chi connectivity index (χ1n) is 7.56. The third-order valence-electron chi connectivity index (χ3n) is 3.44. The van der Waals surface area contributed by atoms with Gasteiger partial charge in [0, 0.05) is 0 Å². The van der Waals surface area contributed by atoms with E-state index in [0.29, 0.717) is 33.5 Å². The highest BCUT2D eigenvalue weighted by Crippen LogP contribution is 2.18. The molecule has 0 amide bonds. The van der Waals surface area contributed by atoms with Crippen LogP contribution in [0.5, 0.6) is 0 Å². The number of aromatic nitrogens is 2. The summed E-state index contributed by atoms with van der Waals surface area (Å²) in [6.45, 7) is 2.42. The van der Waals surface area contributed by atoms with Crippen LogP contribution in [0, 0.1) is 0 Å². The summed E-state index contributed by atoms with van der Waals surface area (Å²) >= 11 is 6.53. The lowest BCUT2D eigenvalue weighted by molar-refractivity contribution is 0.346. The number of hydrogen-bond donors (Lipinski definition) is 0. The molecule has 0 unspecified atom stereocenters. The van der Waals surface area contributed by atoms with Crippen molar-refractivity contribution in [3.8, 4) is 5.69 Å². The molecule has 2 aromatic carbocycles. The second-order valence-electron chi connectivity index (χ2n) is 4.99. The van der Waals surface area contributed by atoms with Gasteiger partial charge in [-0.15, -0.1) is 0 Å². The van der Waals surface area contributed by atoms with Crippen LogP contribution in [-0.2, 0) is 10.5 Å². The van der Waals surface area contributed by atoms with Crippen LogP contribution in [0.25, 0.3) is 16.6 Å². The van der Waals surface area contributed by atoms with E-state index in [1.54, 1.807) is 10.6 Å². The zero-order valence-electron chi connectivity index (χ0n) is 13.1. The van der Waals surface area contributed by atoms with Crippen LogP contribution in [0.1, 0.15) is 12.7 Å². The molecule has 0 fully saturated rings. The average molecular weight is 356 g/mol. The number of para-hydroxylation sites is 2. The molecule has 0 spiro atoms. The molecule has 6 heteroatoms. The van der Waals surface area contributed by atoms with Gasteiger partial charge >= 0.3 is 0 Å². The van der Waals surface area contributed by atoms with Crippen LogP contribution in [0.4, 0.5) is 0 Å². The van der Waals surface area contributed by atoms with E-state index >= 15 is 0 Å². The standard InChI is InChI=1S/C18H16N2O2S2/c1-2-22-18(23)24-12-16-19-15-11-7-6-10-14(15)17(21)20(16)13-8-4-3-5-9-13/h3-11H,2,12H2,1H3. The van der Waals surface area contributed by atoms with E-state index in [9.17, 15) is 4.79 Å². The fraction of sp³-hybridized carbons (Fsp3) is 0.167. The van der Waals surface area contributed by atoms with Crippen molar-refractivity contribution in [2.24, 2.45) is 0 Å². The smallest absolute Gasteiger partial charge is 0.265 e. The molecule has 1 heterocycles. The Hall–Kier alpha value is -2.18. The molecule has 0 saturated heterocycles. The first-order valence-corrected chi connectivity index (χ1v) is 8.95. The van der Waals surface area contributed by atoms with Crippen molar-refractivity contribution < 1.29 is 4.74 Å². The van der Waals surface area contributed by atoms with Crippen LogP contribution in [0.15, 0.2) is 59.4 Å². The van der Waals surface area contributed by atoms with Crippen molar-refractivity contribution in [2.75, 3.05) is 6.61 Å². The van der Waals surface area contributed by atoms with Gasteiger partial charge in [-0.2, -0.15) is 0 Å². The predicted octanol–water partition coefficient (Wildman–Crippen LogP) is 3.94. The summed E-state index contributed by atoms with van der Waals surface area (Å²) in [6.07, 6.45) is 0. The largest absolute Gasteiger partial charge is 0.479 e. The Bertz CT molecular complexity index is 923. The van der Waals surface area contributed by atoms with Gasteiger partial charge in [-0.05, 0) is 43.4 Å². The molecule has 4 nitrogen and oxygen atoms in total. The zero-order chi connectivity index (χ0) is 16.9. The van der Waals surface area contributed by atoms with Crippen molar-refractivity contribution >= 4 is 39.3 Å². The number of nitrogens with zero attached hydrogens (tertiary/aromatic N) is 2. The first kappa shape index (κ1) is 16.7. The van der Waals surface area contributed by atoms with E-state index in [0.717, 1.165) is 5.69 Å². The molecule has 122 valence electrons. The summed E-state index contributed by atoms with van der Waals surface area (Å²) in [5.41, 5.74) is 1.40. The molecule has 1 aromatic heterocycles. The van der Waals surface area contributed by atoms with Crippen molar-refractivity contribution in [2.45, 2.75) is 12.7 Å². The van der Waals surface area contributed by atoms with Crippen LogP contribution in [0.2, 0.25) is 0 Å². The maximum absolute atomic E-state index is 13.0. The van der Waals surface area contributed by atoms with Gasteiger partial charge in [-0.25, -0.2) is 4.98 Å². The van der Waals surface area contributed by atoms with Crippen molar-refractivity contribution in [3.63, 3.8) is 0 Å². The van der Waals surface area contributed by atoms with Gasteiger partial charge in [0.15, 0.2) is 0 Å². The normalized spacial score (nSPS) is 10.7. The minimum atomic E-state index is -0.0790. The van der Waals surface area contributed by atoms with Gasteiger partial charge in [0.05, 0.1) is 29.0 Å². The summed E-state index contributed by atoms with van der Waals surface area (Å²) in [4.78, 5) is 17.6. The van der Waals surface area contributed by atoms with E-state index in [1.807, 2.05) is 55.5 Å².